The highest BCUT2D eigenvalue weighted by Gasteiger charge is 2.44. The summed E-state index contributed by atoms with van der Waals surface area (Å²) >= 11 is 0. The van der Waals surface area contributed by atoms with Gasteiger partial charge in [-0.1, -0.05) is 54.6 Å². The van der Waals surface area contributed by atoms with Crippen molar-refractivity contribution < 1.29 is 9.47 Å². The first-order valence-corrected chi connectivity index (χ1v) is 8.82. The summed E-state index contributed by atoms with van der Waals surface area (Å²) in [5, 5.41) is 0. The first-order chi connectivity index (χ1) is 12.3. The van der Waals surface area contributed by atoms with Gasteiger partial charge in [0.2, 0.25) is 0 Å². The fourth-order valence-corrected chi connectivity index (χ4v) is 4.49. The van der Waals surface area contributed by atoms with Crippen molar-refractivity contribution in [2.45, 2.75) is 18.4 Å². The first kappa shape index (κ1) is 14.6. The van der Waals surface area contributed by atoms with Crippen LogP contribution in [0.5, 0.6) is 11.5 Å². The van der Waals surface area contributed by atoms with Gasteiger partial charge in [-0.25, -0.2) is 0 Å². The predicted octanol–water partition coefficient (Wildman–Crippen LogP) is 5.13. The van der Waals surface area contributed by atoms with Crippen LogP contribution in [0.4, 0.5) is 0 Å². The van der Waals surface area contributed by atoms with Crippen LogP contribution in [-0.4, -0.2) is 7.11 Å². The number of benzene rings is 3. The molecule has 1 aliphatic heterocycles. The zero-order chi connectivity index (χ0) is 16.8. The maximum absolute atomic E-state index is 6.48. The number of methoxy groups -OCH3 is 1. The molecule has 0 bridgehead atoms. The van der Waals surface area contributed by atoms with Crippen molar-refractivity contribution in [3.63, 3.8) is 0 Å². The van der Waals surface area contributed by atoms with Gasteiger partial charge in [0.05, 0.1) is 7.11 Å². The van der Waals surface area contributed by atoms with E-state index in [-0.39, 0.29) is 6.10 Å². The molecular formula is C23H20O2. The predicted molar refractivity (Wildman–Crippen MR) is 98.3 cm³/mol. The van der Waals surface area contributed by atoms with Crippen LogP contribution in [0.1, 0.15) is 34.3 Å². The molecule has 0 amide bonds. The Morgan fingerprint density at radius 2 is 1.68 bits per heavy atom. The topological polar surface area (TPSA) is 18.5 Å². The van der Waals surface area contributed by atoms with Crippen molar-refractivity contribution in [1.82, 2.24) is 0 Å². The van der Waals surface area contributed by atoms with Crippen molar-refractivity contribution in [3.8, 4) is 11.5 Å². The van der Waals surface area contributed by atoms with E-state index in [2.05, 4.69) is 66.7 Å². The van der Waals surface area contributed by atoms with Gasteiger partial charge >= 0.3 is 0 Å². The average molecular weight is 328 g/mol. The minimum absolute atomic E-state index is 0.127. The second-order valence-corrected chi connectivity index (χ2v) is 6.90. The van der Waals surface area contributed by atoms with Crippen molar-refractivity contribution in [2.75, 3.05) is 7.11 Å². The second kappa shape index (κ2) is 5.66. The van der Waals surface area contributed by atoms with Crippen molar-refractivity contribution in [2.24, 2.45) is 5.92 Å². The molecule has 0 aromatic heterocycles. The molecule has 0 fully saturated rings. The summed E-state index contributed by atoms with van der Waals surface area (Å²) < 4.78 is 12.0. The SMILES string of the molecule is COc1ccc2c(c1)[C@H](c1ccccc1)[C@@H]1Cc3ccccc3[C@@H]1O2. The summed E-state index contributed by atoms with van der Waals surface area (Å²) in [6, 6.07) is 25.7. The summed E-state index contributed by atoms with van der Waals surface area (Å²) in [4.78, 5) is 0. The van der Waals surface area contributed by atoms with Crippen LogP contribution in [0.25, 0.3) is 0 Å². The fourth-order valence-electron chi connectivity index (χ4n) is 4.49. The normalized spacial score (nSPS) is 23.2. The van der Waals surface area contributed by atoms with Crippen LogP contribution in [0.15, 0.2) is 72.8 Å². The highest BCUT2D eigenvalue weighted by molar-refractivity contribution is 5.52. The van der Waals surface area contributed by atoms with Gasteiger partial charge in [0.1, 0.15) is 17.6 Å². The van der Waals surface area contributed by atoms with E-state index in [0.717, 1.165) is 17.9 Å². The second-order valence-electron chi connectivity index (χ2n) is 6.90. The number of hydrogen-bond acceptors (Lipinski definition) is 2. The lowest BCUT2D eigenvalue weighted by Gasteiger charge is -2.37. The van der Waals surface area contributed by atoms with E-state index in [1.807, 2.05) is 6.07 Å². The molecule has 0 unspecified atom stereocenters. The van der Waals surface area contributed by atoms with Gasteiger partial charge in [0, 0.05) is 17.4 Å². The fraction of sp³-hybridized carbons (Fsp3) is 0.217. The van der Waals surface area contributed by atoms with Crippen LogP contribution in [0.3, 0.4) is 0 Å². The van der Waals surface area contributed by atoms with E-state index < -0.39 is 0 Å². The summed E-state index contributed by atoms with van der Waals surface area (Å²) in [6.07, 6.45) is 1.18. The summed E-state index contributed by atoms with van der Waals surface area (Å²) in [5.74, 6) is 2.60. The highest BCUT2D eigenvalue weighted by atomic mass is 16.5. The number of ether oxygens (including phenoxy) is 2. The third-order valence-corrected chi connectivity index (χ3v) is 5.60. The van der Waals surface area contributed by atoms with Gasteiger partial charge in [0.25, 0.3) is 0 Å². The van der Waals surface area contributed by atoms with E-state index in [1.54, 1.807) is 7.11 Å². The Labute approximate surface area is 148 Å². The molecule has 2 aliphatic rings. The van der Waals surface area contributed by atoms with Gasteiger partial charge in [-0.05, 0) is 41.3 Å². The first-order valence-electron chi connectivity index (χ1n) is 8.82. The molecule has 124 valence electrons. The maximum Gasteiger partial charge on any atom is 0.128 e. The molecule has 3 atom stereocenters. The van der Waals surface area contributed by atoms with Gasteiger partial charge in [-0.15, -0.1) is 0 Å². The van der Waals surface area contributed by atoms with E-state index in [4.69, 9.17) is 9.47 Å². The van der Waals surface area contributed by atoms with Gasteiger partial charge in [0.15, 0.2) is 0 Å². The molecule has 3 aromatic rings. The third-order valence-electron chi connectivity index (χ3n) is 5.60. The summed E-state index contributed by atoms with van der Waals surface area (Å²) in [6.45, 7) is 0. The lowest BCUT2D eigenvalue weighted by atomic mass is 9.76. The molecule has 0 saturated heterocycles. The standard InChI is InChI=1S/C23H20O2/c1-24-17-11-12-21-19(14-17)22(15-7-3-2-4-8-15)20-13-16-9-5-6-10-18(16)23(20)25-21/h2-12,14,20,22-23H,13H2,1H3/t20-,22-,23-/m0/s1. The Kier molecular flexibility index (Phi) is 3.30. The summed E-state index contributed by atoms with van der Waals surface area (Å²) in [5.41, 5.74) is 5.34. The van der Waals surface area contributed by atoms with E-state index in [0.29, 0.717) is 11.8 Å². The zero-order valence-electron chi connectivity index (χ0n) is 14.2. The van der Waals surface area contributed by atoms with Gasteiger partial charge in [-0.3, -0.25) is 0 Å². The van der Waals surface area contributed by atoms with Crippen LogP contribution in [0.2, 0.25) is 0 Å². The molecule has 0 saturated carbocycles. The molecular weight excluding hydrogens is 308 g/mol. The Bertz CT molecular complexity index is 916. The van der Waals surface area contributed by atoms with E-state index >= 15 is 0 Å². The lowest BCUT2D eigenvalue weighted by Crippen LogP contribution is -2.28. The molecule has 0 spiro atoms. The van der Waals surface area contributed by atoms with Crippen molar-refractivity contribution in [3.05, 3.63) is 95.1 Å². The average Bonchev–Trinajstić information content (AvgIpc) is 3.04. The summed E-state index contributed by atoms with van der Waals surface area (Å²) in [7, 11) is 1.72. The van der Waals surface area contributed by atoms with Crippen molar-refractivity contribution in [1.29, 1.82) is 0 Å². The largest absolute Gasteiger partial charge is 0.497 e. The molecule has 2 heteroatoms. The molecule has 0 N–H and O–H groups in total. The molecule has 0 radical (unpaired) electrons. The van der Waals surface area contributed by atoms with Crippen LogP contribution >= 0.6 is 0 Å². The number of hydrogen-bond donors (Lipinski definition) is 0. The molecule has 5 rings (SSSR count). The lowest BCUT2D eigenvalue weighted by molar-refractivity contribution is 0.115. The molecule has 3 aromatic carbocycles. The Morgan fingerprint density at radius 3 is 2.52 bits per heavy atom. The van der Waals surface area contributed by atoms with Crippen molar-refractivity contribution >= 4 is 0 Å². The molecule has 25 heavy (non-hydrogen) atoms. The quantitative estimate of drug-likeness (QED) is 0.649. The Morgan fingerprint density at radius 1 is 0.880 bits per heavy atom. The van der Waals surface area contributed by atoms with Crippen LogP contribution < -0.4 is 9.47 Å². The minimum Gasteiger partial charge on any atom is -0.497 e. The minimum atomic E-state index is 0.127. The van der Waals surface area contributed by atoms with Gasteiger partial charge < -0.3 is 9.47 Å². The smallest absolute Gasteiger partial charge is 0.128 e. The van der Waals surface area contributed by atoms with Gasteiger partial charge in [-0.2, -0.15) is 0 Å². The highest BCUT2D eigenvalue weighted by Crippen LogP contribution is 2.54. The van der Waals surface area contributed by atoms with Crippen LogP contribution in [-0.2, 0) is 6.42 Å². The number of fused-ring (bicyclic) bond motifs is 4. The monoisotopic (exact) mass is 328 g/mol. The molecule has 2 nitrogen and oxygen atoms in total. The van der Waals surface area contributed by atoms with Crippen LogP contribution in [0, 0.1) is 5.92 Å². The number of rotatable bonds is 2. The molecule has 1 heterocycles. The Balaban J connectivity index is 1.69. The maximum atomic E-state index is 6.48. The van der Waals surface area contributed by atoms with E-state index in [1.165, 1.54) is 22.3 Å². The zero-order valence-corrected chi connectivity index (χ0v) is 14.2. The van der Waals surface area contributed by atoms with E-state index in [9.17, 15) is 0 Å². The molecule has 1 aliphatic carbocycles. The Hall–Kier alpha value is -2.74. The third kappa shape index (κ3) is 2.25.